The van der Waals surface area contributed by atoms with Crippen LogP contribution in [-0.2, 0) is 6.61 Å². The Morgan fingerprint density at radius 1 is 1.00 bits per heavy atom. The zero-order chi connectivity index (χ0) is 21.2. The molecule has 160 valence electrons. The second-order valence-corrected chi connectivity index (χ2v) is 8.50. The molecule has 2 fully saturated rings. The van der Waals surface area contributed by atoms with Gasteiger partial charge in [0.05, 0.1) is 11.9 Å². The fourth-order valence-electron chi connectivity index (χ4n) is 4.75. The summed E-state index contributed by atoms with van der Waals surface area (Å²) in [6.07, 6.45) is 3.53. The molecule has 2 atom stereocenters. The van der Waals surface area contributed by atoms with Crippen molar-refractivity contribution in [1.82, 2.24) is 14.5 Å². The van der Waals surface area contributed by atoms with Gasteiger partial charge in [0.2, 0.25) is 0 Å². The lowest BCUT2D eigenvalue weighted by Crippen LogP contribution is -2.29. The maximum atomic E-state index is 12.6. The highest BCUT2D eigenvalue weighted by atomic mass is 16.5. The molecule has 2 aromatic heterocycles. The van der Waals surface area contributed by atoms with Crippen molar-refractivity contribution in [1.29, 1.82) is 0 Å². The van der Waals surface area contributed by atoms with Gasteiger partial charge in [0, 0.05) is 38.4 Å². The summed E-state index contributed by atoms with van der Waals surface area (Å²) >= 11 is 0. The summed E-state index contributed by atoms with van der Waals surface area (Å²) < 4.78 is 7.36. The Hall–Kier alpha value is -3.12. The molecule has 0 bridgehead atoms. The van der Waals surface area contributed by atoms with Crippen molar-refractivity contribution in [3.05, 3.63) is 82.9 Å². The number of anilines is 1. The van der Waals surface area contributed by atoms with E-state index < -0.39 is 0 Å². The van der Waals surface area contributed by atoms with Crippen LogP contribution in [0.4, 0.5) is 5.82 Å². The van der Waals surface area contributed by atoms with Gasteiger partial charge in [-0.3, -0.25) is 9.36 Å². The molecule has 0 amide bonds. The third kappa shape index (κ3) is 4.21. The Kier molecular flexibility index (Phi) is 5.47. The predicted octanol–water partition coefficient (Wildman–Crippen LogP) is 3.20. The van der Waals surface area contributed by atoms with Gasteiger partial charge in [0.25, 0.3) is 5.56 Å². The number of nitrogens with zero attached hydrogens (tertiary/aromatic N) is 4. The number of likely N-dealkylation sites (tertiary alicyclic amines) is 1. The van der Waals surface area contributed by atoms with Crippen molar-refractivity contribution >= 4 is 5.82 Å². The van der Waals surface area contributed by atoms with Crippen LogP contribution in [0.1, 0.15) is 12.5 Å². The number of rotatable bonds is 6. The Morgan fingerprint density at radius 3 is 2.42 bits per heavy atom. The first kappa shape index (κ1) is 19.8. The highest BCUT2D eigenvalue weighted by Gasteiger charge is 2.39. The van der Waals surface area contributed by atoms with Crippen LogP contribution in [0.15, 0.2) is 71.8 Å². The lowest BCUT2D eigenvalue weighted by Gasteiger charge is -2.21. The van der Waals surface area contributed by atoms with Crippen LogP contribution < -0.4 is 15.2 Å². The molecule has 6 heteroatoms. The van der Waals surface area contributed by atoms with E-state index in [2.05, 4.69) is 21.7 Å². The zero-order valence-corrected chi connectivity index (χ0v) is 17.9. The molecule has 6 nitrogen and oxygen atoms in total. The third-order valence-corrected chi connectivity index (χ3v) is 6.48. The number of aromatic nitrogens is 2. The van der Waals surface area contributed by atoms with E-state index in [1.165, 1.54) is 19.2 Å². The van der Waals surface area contributed by atoms with Gasteiger partial charge in [0.15, 0.2) is 0 Å². The molecule has 0 unspecified atom stereocenters. The average molecular weight is 417 g/mol. The van der Waals surface area contributed by atoms with Crippen molar-refractivity contribution in [2.75, 3.05) is 37.6 Å². The monoisotopic (exact) mass is 416 g/mol. The Bertz CT molecular complexity index is 1070. The maximum absolute atomic E-state index is 12.6. The van der Waals surface area contributed by atoms with Crippen molar-refractivity contribution in [3.63, 3.8) is 0 Å². The van der Waals surface area contributed by atoms with Gasteiger partial charge in [0.1, 0.15) is 18.2 Å². The van der Waals surface area contributed by atoms with E-state index in [1.807, 2.05) is 48.5 Å². The second-order valence-electron chi connectivity index (χ2n) is 8.50. The van der Waals surface area contributed by atoms with Crippen LogP contribution in [0.5, 0.6) is 5.75 Å². The third-order valence-electron chi connectivity index (χ3n) is 6.48. The minimum atomic E-state index is -0.129. The summed E-state index contributed by atoms with van der Waals surface area (Å²) in [6, 6.07) is 17.3. The maximum Gasteiger partial charge on any atom is 0.258 e. The smallest absolute Gasteiger partial charge is 0.258 e. The normalized spacial score (nSPS) is 20.7. The molecule has 0 aliphatic carbocycles. The summed E-state index contributed by atoms with van der Waals surface area (Å²) in [5, 5.41) is 0. The van der Waals surface area contributed by atoms with E-state index >= 15 is 0 Å². The van der Waals surface area contributed by atoms with E-state index in [0.717, 1.165) is 48.5 Å². The van der Waals surface area contributed by atoms with Crippen LogP contribution >= 0.6 is 0 Å². The molecular formula is C25H28N4O2. The molecule has 2 saturated heterocycles. The van der Waals surface area contributed by atoms with Crippen LogP contribution in [0.3, 0.4) is 0 Å². The average Bonchev–Trinajstić information content (AvgIpc) is 3.38. The molecule has 2 aliphatic rings. The fraction of sp³-hybridized carbons (Fsp3) is 0.360. The van der Waals surface area contributed by atoms with Crippen molar-refractivity contribution in [3.8, 4) is 11.4 Å². The van der Waals surface area contributed by atoms with Crippen molar-refractivity contribution < 1.29 is 4.74 Å². The highest BCUT2D eigenvalue weighted by Crippen LogP contribution is 2.33. The standard InChI is InChI=1S/C25H28N4O2/c1-2-27-14-20-16-28(17-21(20)15-27)24-9-8-22(13-26-24)29-11-10-23(12-25(29)30)31-18-19-6-4-3-5-7-19/h3-13,20-21H,2,14-18H2,1H3/t20-,21+. The molecule has 31 heavy (non-hydrogen) atoms. The second kappa shape index (κ2) is 8.55. The van der Waals surface area contributed by atoms with Gasteiger partial charge in [-0.05, 0) is 42.1 Å². The number of fused-ring (bicyclic) bond motifs is 1. The van der Waals surface area contributed by atoms with Crippen LogP contribution in [0, 0.1) is 11.8 Å². The number of hydrogen-bond donors (Lipinski definition) is 0. The molecule has 0 spiro atoms. The van der Waals surface area contributed by atoms with Gasteiger partial charge in [-0.15, -0.1) is 0 Å². The van der Waals surface area contributed by atoms with Gasteiger partial charge < -0.3 is 14.5 Å². The first-order valence-corrected chi connectivity index (χ1v) is 11.0. The number of pyridine rings is 2. The highest BCUT2D eigenvalue weighted by molar-refractivity contribution is 5.45. The first-order chi connectivity index (χ1) is 15.2. The molecule has 0 radical (unpaired) electrons. The van der Waals surface area contributed by atoms with Crippen molar-refractivity contribution in [2.24, 2.45) is 11.8 Å². The summed E-state index contributed by atoms with van der Waals surface area (Å²) in [5.41, 5.74) is 1.70. The fourth-order valence-corrected chi connectivity index (χ4v) is 4.75. The minimum absolute atomic E-state index is 0.129. The molecule has 4 heterocycles. The topological polar surface area (TPSA) is 50.6 Å². The molecule has 1 aromatic carbocycles. The number of benzene rings is 1. The Balaban J connectivity index is 1.24. The molecule has 5 rings (SSSR count). The summed E-state index contributed by atoms with van der Waals surface area (Å²) in [4.78, 5) is 22.2. The van der Waals surface area contributed by atoms with Crippen LogP contribution in [0.25, 0.3) is 5.69 Å². The lowest BCUT2D eigenvalue weighted by molar-refractivity contribution is 0.305. The molecular weight excluding hydrogens is 388 g/mol. The Labute approximate surface area is 182 Å². The van der Waals surface area contributed by atoms with Crippen LogP contribution in [0.2, 0.25) is 0 Å². The van der Waals surface area contributed by atoms with E-state index in [0.29, 0.717) is 12.4 Å². The van der Waals surface area contributed by atoms with Crippen molar-refractivity contribution in [2.45, 2.75) is 13.5 Å². The summed E-state index contributed by atoms with van der Waals surface area (Å²) in [7, 11) is 0. The number of ether oxygens (including phenoxy) is 1. The largest absolute Gasteiger partial charge is 0.489 e. The lowest BCUT2D eigenvalue weighted by atomic mass is 10.0. The van der Waals surface area contributed by atoms with Gasteiger partial charge >= 0.3 is 0 Å². The first-order valence-electron chi connectivity index (χ1n) is 11.0. The minimum Gasteiger partial charge on any atom is -0.489 e. The molecule has 0 saturated carbocycles. The summed E-state index contributed by atoms with van der Waals surface area (Å²) in [5.74, 6) is 3.05. The molecule has 0 N–H and O–H groups in total. The zero-order valence-electron chi connectivity index (χ0n) is 17.9. The van der Waals surface area contributed by atoms with E-state index in [4.69, 9.17) is 4.74 Å². The summed E-state index contributed by atoms with van der Waals surface area (Å²) in [6.45, 7) is 8.36. The van der Waals surface area contributed by atoms with E-state index in [9.17, 15) is 4.79 Å². The molecule has 2 aliphatic heterocycles. The SMILES string of the molecule is CCN1C[C@@H]2CN(c3ccc(-n4ccc(OCc5ccccc5)cc4=O)cn3)C[C@@H]2C1. The van der Waals surface area contributed by atoms with Crippen LogP contribution in [-0.4, -0.2) is 47.2 Å². The van der Waals surface area contributed by atoms with E-state index in [-0.39, 0.29) is 5.56 Å². The molecule has 3 aromatic rings. The number of hydrogen-bond acceptors (Lipinski definition) is 5. The van der Waals surface area contributed by atoms with E-state index in [1.54, 1.807) is 17.0 Å². The van der Waals surface area contributed by atoms with Gasteiger partial charge in [-0.1, -0.05) is 37.3 Å². The van der Waals surface area contributed by atoms with Gasteiger partial charge in [-0.2, -0.15) is 0 Å². The Morgan fingerprint density at radius 2 is 1.77 bits per heavy atom. The van der Waals surface area contributed by atoms with Gasteiger partial charge in [-0.25, -0.2) is 4.98 Å². The quantitative estimate of drug-likeness (QED) is 0.618. The predicted molar refractivity (Wildman–Crippen MR) is 122 cm³/mol.